The van der Waals surface area contributed by atoms with Crippen molar-refractivity contribution in [2.75, 3.05) is 5.73 Å². The summed E-state index contributed by atoms with van der Waals surface area (Å²) in [6.45, 7) is 2.03. The van der Waals surface area contributed by atoms with E-state index in [0.717, 1.165) is 22.6 Å². The first-order valence-corrected chi connectivity index (χ1v) is 4.39. The van der Waals surface area contributed by atoms with Crippen molar-refractivity contribution in [1.82, 2.24) is 14.8 Å². The number of rotatable bonds is 1. The van der Waals surface area contributed by atoms with Gasteiger partial charge in [0, 0.05) is 18.3 Å². The molecule has 0 saturated heterocycles. The van der Waals surface area contributed by atoms with Gasteiger partial charge in [-0.1, -0.05) is 6.07 Å². The van der Waals surface area contributed by atoms with Crippen LogP contribution >= 0.6 is 0 Å². The van der Waals surface area contributed by atoms with E-state index in [-0.39, 0.29) is 0 Å². The molecule has 0 saturated carbocycles. The summed E-state index contributed by atoms with van der Waals surface area (Å²) in [5, 5.41) is 4.03. The van der Waals surface area contributed by atoms with Crippen LogP contribution in [0.4, 0.5) is 5.69 Å². The Morgan fingerprint density at radius 1 is 1.36 bits per heavy atom. The summed E-state index contributed by atoms with van der Waals surface area (Å²) in [6.07, 6.45) is 1.54. The van der Waals surface area contributed by atoms with Crippen LogP contribution in [0.15, 0.2) is 24.5 Å². The second kappa shape index (κ2) is 3.14. The quantitative estimate of drug-likeness (QED) is 0.688. The van der Waals surface area contributed by atoms with Crippen LogP contribution in [-0.4, -0.2) is 14.8 Å². The van der Waals surface area contributed by atoms with Gasteiger partial charge < -0.3 is 5.73 Å². The van der Waals surface area contributed by atoms with E-state index in [9.17, 15) is 0 Å². The molecule has 2 N–H and O–H groups in total. The number of nitrogens with two attached hydrogens (primary N) is 1. The number of hydrogen-bond donors (Lipinski definition) is 1. The summed E-state index contributed by atoms with van der Waals surface area (Å²) in [7, 11) is 1.87. The Bertz CT molecular complexity index is 459. The van der Waals surface area contributed by atoms with Crippen molar-refractivity contribution in [2.45, 2.75) is 6.92 Å². The van der Waals surface area contributed by atoms with Gasteiger partial charge in [-0.05, 0) is 24.6 Å². The third kappa shape index (κ3) is 1.35. The van der Waals surface area contributed by atoms with E-state index in [1.807, 2.05) is 32.2 Å². The topological polar surface area (TPSA) is 56.7 Å². The van der Waals surface area contributed by atoms with Crippen molar-refractivity contribution in [3.8, 4) is 11.4 Å². The molecule has 0 atom stereocenters. The van der Waals surface area contributed by atoms with Gasteiger partial charge >= 0.3 is 0 Å². The highest BCUT2D eigenvalue weighted by Gasteiger charge is 2.07. The van der Waals surface area contributed by atoms with E-state index in [2.05, 4.69) is 10.1 Å². The molecule has 4 nitrogen and oxygen atoms in total. The monoisotopic (exact) mass is 188 g/mol. The molecule has 0 spiro atoms. The van der Waals surface area contributed by atoms with Crippen molar-refractivity contribution in [2.24, 2.45) is 7.05 Å². The normalized spacial score (nSPS) is 10.4. The van der Waals surface area contributed by atoms with Crippen molar-refractivity contribution in [3.05, 3.63) is 30.1 Å². The van der Waals surface area contributed by atoms with Crippen LogP contribution < -0.4 is 5.73 Å². The van der Waals surface area contributed by atoms with Crippen LogP contribution in [0.1, 0.15) is 5.56 Å². The fourth-order valence-corrected chi connectivity index (χ4v) is 1.42. The smallest absolute Gasteiger partial charge is 0.158 e. The summed E-state index contributed by atoms with van der Waals surface area (Å²) in [5.41, 5.74) is 8.65. The Kier molecular flexibility index (Phi) is 1.96. The van der Waals surface area contributed by atoms with Gasteiger partial charge in [-0.25, -0.2) is 9.67 Å². The average Bonchev–Trinajstić information content (AvgIpc) is 2.56. The highest BCUT2D eigenvalue weighted by Crippen LogP contribution is 2.22. The number of hydrogen-bond acceptors (Lipinski definition) is 3. The number of benzene rings is 1. The van der Waals surface area contributed by atoms with Crippen LogP contribution in [0, 0.1) is 6.92 Å². The predicted molar refractivity (Wildman–Crippen MR) is 55.6 cm³/mol. The average molecular weight is 188 g/mol. The highest BCUT2D eigenvalue weighted by molar-refractivity contribution is 5.65. The van der Waals surface area contributed by atoms with Crippen molar-refractivity contribution in [1.29, 1.82) is 0 Å². The number of aromatic nitrogens is 3. The van der Waals surface area contributed by atoms with E-state index in [0.29, 0.717) is 0 Å². The molecule has 0 aliphatic heterocycles. The second-order valence-electron chi connectivity index (χ2n) is 3.28. The van der Waals surface area contributed by atoms with Crippen LogP contribution in [-0.2, 0) is 7.05 Å². The van der Waals surface area contributed by atoms with Crippen molar-refractivity contribution >= 4 is 5.69 Å². The molecule has 2 aromatic rings. The lowest BCUT2D eigenvalue weighted by Crippen LogP contribution is -1.97. The maximum atomic E-state index is 5.73. The molecule has 1 heterocycles. The zero-order valence-electron chi connectivity index (χ0n) is 8.23. The molecule has 0 unspecified atom stereocenters. The molecule has 1 aromatic carbocycles. The van der Waals surface area contributed by atoms with Gasteiger partial charge in [0.2, 0.25) is 0 Å². The molecule has 4 heteroatoms. The SMILES string of the molecule is Cc1ccc(N)cc1-c1ncnn1C. The van der Waals surface area contributed by atoms with Gasteiger partial charge in [-0.2, -0.15) is 5.10 Å². The van der Waals surface area contributed by atoms with E-state index in [4.69, 9.17) is 5.73 Å². The predicted octanol–water partition coefficient (Wildman–Crippen LogP) is 1.37. The minimum atomic E-state index is 0.744. The van der Waals surface area contributed by atoms with Gasteiger partial charge in [-0.3, -0.25) is 0 Å². The molecule has 0 bridgehead atoms. The fraction of sp³-hybridized carbons (Fsp3) is 0.200. The molecule has 0 fully saturated rings. The van der Waals surface area contributed by atoms with E-state index in [1.165, 1.54) is 6.33 Å². The summed E-state index contributed by atoms with van der Waals surface area (Å²) in [5.74, 6) is 0.842. The molecule has 72 valence electrons. The van der Waals surface area contributed by atoms with Crippen LogP contribution in [0.2, 0.25) is 0 Å². The Morgan fingerprint density at radius 3 is 2.79 bits per heavy atom. The lowest BCUT2D eigenvalue weighted by atomic mass is 10.1. The van der Waals surface area contributed by atoms with Gasteiger partial charge in [-0.15, -0.1) is 0 Å². The van der Waals surface area contributed by atoms with Gasteiger partial charge in [0.25, 0.3) is 0 Å². The minimum Gasteiger partial charge on any atom is -0.399 e. The fourth-order valence-electron chi connectivity index (χ4n) is 1.42. The summed E-state index contributed by atoms with van der Waals surface area (Å²) in [4.78, 5) is 4.18. The summed E-state index contributed by atoms with van der Waals surface area (Å²) in [6, 6.07) is 5.79. The minimum absolute atomic E-state index is 0.744. The standard InChI is InChI=1S/C10H12N4/c1-7-3-4-8(11)5-9(7)10-12-6-13-14(10)2/h3-6H,11H2,1-2H3. The van der Waals surface area contributed by atoms with E-state index < -0.39 is 0 Å². The molecule has 0 aliphatic rings. The zero-order valence-corrected chi connectivity index (χ0v) is 8.23. The zero-order chi connectivity index (χ0) is 10.1. The largest absolute Gasteiger partial charge is 0.399 e. The first kappa shape index (κ1) is 8.74. The van der Waals surface area contributed by atoms with E-state index >= 15 is 0 Å². The Hall–Kier alpha value is -1.84. The molecule has 1 aromatic heterocycles. The maximum absolute atomic E-state index is 5.73. The molecular weight excluding hydrogens is 176 g/mol. The van der Waals surface area contributed by atoms with E-state index in [1.54, 1.807) is 4.68 Å². The lowest BCUT2D eigenvalue weighted by molar-refractivity contribution is 0.774. The molecule has 2 rings (SSSR count). The third-order valence-corrected chi connectivity index (χ3v) is 2.21. The van der Waals surface area contributed by atoms with Crippen molar-refractivity contribution in [3.63, 3.8) is 0 Å². The molecule has 0 aliphatic carbocycles. The number of aryl methyl sites for hydroxylation is 2. The number of anilines is 1. The van der Waals surface area contributed by atoms with Crippen molar-refractivity contribution < 1.29 is 0 Å². The van der Waals surface area contributed by atoms with Crippen LogP contribution in [0.5, 0.6) is 0 Å². The third-order valence-electron chi connectivity index (χ3n) is 2.21. The molecule has 0 amide bonds. The Balaban J connectivity index is 2.62. The first-order valence-electron chi connectivity index (χ1n) is 4.39. The summed E-state index contributed by atoms with van der Waals surface area (Å²) >= 11 is 0. The number of nitrogens with zero attached hydrogens (tertiary/aromatic N) is 3. The molecule has 0 radical (unpaired) electrons. The van der Waals surface area contributed by atoms with Crippen LogP contribution in [0.25, 0.3) is 11.4 Å². The number of nitrogen functional groups attached to an aromatic ring is 1. The first-order chi connectivity index (χ1) is 6.68. The van der Waals surface area contributed by atoms with Gasteiger partial charge in [0.1, 0.15) is 6.33 Å². The second-order valence-corrected chi connectivity index (χ2v) is 3.28. The Morgan fingerprint density at radius 2 is 2.14 bits per heavy atom. The van der Waals surface area contributed by atoms with Crippen LogP contribution in [0.3, 0.4) is 0 Å². The van der Waals surface area contributed by atoms with Gasteiger partial charge in [0.05, 0.1) is 0 Å². The summed E-state index contributed by atoms with van der Waals surface area (Å²) < 4.78 is 1.74. The lowest BCUT2D eigenvalue weighted by Gasteiger charge is -2.05. The maximum Gasteiger partial charge on any atom is 0.158 e. The highest BCUT2D eigenvalue weighted by atomic mass is 15.3. The Labute approximate surface area is 82.4 Å². The molecule has 14 heavy (non-hydrogen) atoms. The molecular formula is C10H12N4. The van der Waals surface area contributed by atoms with Gasteiger partial charge in [0.15, 0.2) is 5.82 Å².